The fourth-order valence-electron chi connectivity index (χ4n) is 5.48. The van der Waals surface area contributed by atoms with E-state index < -0.39 is 30.0 Å². The maximum absolute atomic E-state index is 12.6. The quantitative estimate of drug-likeness (QED) is 0.121. The molecular weight excluding hydrogens is 648 g/mol. The van der Waals surface area contributed by atoms with E-state index >= 15 is 0 Å². The van der Waals surface area contributed by atoms with E-state index in [9.17, 15) is 25.9 Å². The van der Waals surface area contributed by atoms with Gasteiger partial charge in [-0.3, -0.25) is 4.55 Å². The van der Waals surface area contributed by atoms with E-state index in [1.165, 1.54) is 24.3 Å². The maximum atomic E-state index is 12.6. The minimum atomic E-state index is -4.95. The van der Waals surface area contributed by atoms with Gasteiger partial charge in [0.25, 0.3) is 10.1 Å². The molecule has 0 bridgehead atoms. The number of nitrogens with zero attached hydrogens (tertiary/aromatic N) is 4. The van der Waals surface area contributed by atoms with Crippen molar-refractivity contribution >= 4 is 59.1 Å². The van der Waals surface area contributed by atoms with Gasteiger partial charge in [-0.1, -0.05) is 78.9 Å². The van der Waals surface area contributed by atoms with Gasteiger partial charge >= 0.3 is 29.6 Å². The molecule has 5 aromatic carbocycles. The molecule has 0 saturated carbocycles. The van der Waals surface area contributed by atoms with Crippen LogP contribution < -0.4 is 34.9 Å². The monoisotopic (exact) mass is 669 g/mol. The summed E-state index contributed by atoms with van der Waals surface area (Å²) in [4.78, 5) is 8.42. The first kappa shape index (κ1) is 32.5. The van der Waals surface area contributed by atoms with Crippen LogP contribution in [0, 0.1) is 0 Å². The average molecular weight is 670 g/mol. The van der Waals surface area contributed by atoms with Crippen molar-refractivity contribution in [1.82, 2.24) is 9.55 Å². The van der Waals surface area contributed by atoms with Gasteiger partial charge in [0.2, 0.25) is 0 Å². The Morgan fingerprint density at radius 1 is 0.745 bits per heavy atom. The van der Waals surface area contributed by atoms with Crippen molar-refractivity contribution in [2.75, 3.05) is 0 Å². The summed E-state index contributed by atoms with van der Waals surface area (Å²) in [6, 6.07) is 35.5. The van der Waals surface area contributed by atoms with Crippen LogP contribution in [0.5, 0.6) is 0 Å². The van der Waals surface area contributed by atoms with Gasteiger partial charge in [-0.05, 0) is 53.9 Å². The Labute approximate surface area is 292 Å². The van der Waals surface area contributed by atoms with Crippen molar-refractivity contribution in [1.29, 1.82) is 0 Å². The molecule has 5 aromatic rings. The smallest absolute Gasteiger partial charge is 0.744 e. The number of para-hydroxylation sites is 3. The van der Waals surface area contributed by atoms with Crippen LogP contribution in [0.4, 0.5) is 17.1 Å². The number of rotatable bonds is 6. The van der Waals surface area contributed by atoms with Crippen LogP contribution in [0.1, 0.15) is 0 Å². The number of hydrogen-bond acceptors (Lipinski definition) is 7. The molecular formula is C34H22N4NaO6S2-. The Bertz CT molecular complexity index is 2550. The maximum Gasteiger partial charge on any atom is 1.00 e. The zero-order valence-electron chi connectivity index (χ0n) is 24.7. The molecule has 0 aromatic heterocycles. The zero-order valence-corrected chi connectivity index (χ0v) is 28.4. The van der Waals surface area contributed by atoms with E-state index in [-0.39, 0.29) is 57.2 Å². The van der Waals surface area contributed by atoms with Crippen LogP contribution in [-0.2, 0) is 20.2 Å². The largest absolute Gasteiger partial charge is 1.00 e. The Hall–Kier alpha value is -4.40. The third kappa shape index (κ3) is 6.32. The molecule has 1 heterocycles. The Morgan fingerprint density at radius 3 is 2.02 bits per heavy atom. The first-order valence-corrected chi connectivity index (χ1v) is 16.7. The number of benzene rings is 6. The molecule has 13 heteroatoms. The van der Waals surface area contributed by atoms with Crippen molar-refractivity contribution in [2.24, 2.45) is 4.99 Å². The second kappa shape index (κ2) is 12.7. The van der Waals surface area contributed by atoms with E-state index in [1.807, 2.05) is 41.0 Å². The summed E-state index contributed by atoms with van der Waals surface area (Å²) in [7, 11) is -9.71. The van der Waals surface area contributed by atoms with E-state index in [0.717, 1.165) is 0 Å². The second-order valence-electron chi connectivity index (χ2n) is 10.4. The minimum Gasteiger partial charge on any atom is -0.744 e. The van der Waals surface area contributed by atoms with E-state index in [1.54, 1.807) is 66.7 Å². The molecule has 228 valence electrons. The summed E-state index contributed by atoms with van der Waals surface area (Å²) in [5.41, 5.74) is 3.26. The zero-order chi connectivity index (χ0) is 32.1. The normalized spacial score (nSPS) is 12.3. The molecule has 1 aliphatic carbocycles. The van der Waals surface area contributed by atoms with E-state index in [0.29, 0.717) is 33.7 Å². The van der Waals surface area contributed by atoms with Crippen LogP contribution >= 0.6 is 0 Å². The molecule has 10 nitrogen and oxygen atoms in total. The third-order valence-corrected chi connectivity index (χ3v) is 9.16. The molecule has 0 amide bonds. The molecule has 0 atom stereocenters. The van der Waals surface area contributed by atoms with E-state index in [2.05, 4.69) is 4.99 Å². The Morgan fingerprint density at radius 2 is 1.38 bits per heavy atom. The van der Waals surface area contributed by atoms with Crippen LogP contribution in [0.3, 0.4) is 0 Å². The van der Waals surface area contributed by atoms with Gasteiger partial charge in [-0.25, -0.2) is 18.4 Å². The SMILES string of the molecule is O=S(=O)([O-])c1cccc2c1c([N-]c1ccccc1)cc1c2nc2cc(S(=O)(=O)O)c(=Nc3ccccc3)cc-2n1-c1ccccc1.[Na+]. The number of aromatic nitrogens is 2. The number of fused-ring (bicyclic) bond motifs is 4. The van der Waals surface area contributed by atoms with Gasteiger partial charge in [-0.15, -0.1) is 11.4 Å². The van der Waals surface area contributed by atoms with Gasteiger partial charge in [0, 0.05) is 11.1 Å². The first-order chi connectivity index (χ1) is 22.1. The molecule has 1 aliphatic heterocycles. The van der Waals surface area contributed by atoms with Gasteiger partial charge in [-0.2, -0.15) is 8.42 Å². The van der Waals surface area contributed by atoms with Crippen molar-refractivity contribution in [3.8, 4) is 17.1 Å². The standard InChI is InChI=1S/C34H23N4O6S2.Na/c39-45(40,41)31-18-10-17-25-33(31)28(36-23-13-6-2-7-14-23)20-30-34(25)37-26-21-32(46(42,43)44)27(35-22-11-4-1-5-12-22)19-29(26)38(30)24-15-8-3-9-16-24;/h1-21H,(H,39,40,41)(H,42,43,44);/q-1;+1/p-1. The fourth-order valence-corrected chi connectivity index (χ4v) is 6.82. The molecule has 7 rings (SSSR count). The topological polar surface area (TPSA) is 156 Å². The van der Waals surface area contributed by atoms with Crippen LogP contribution in [-0.4, -0.2) is 35.5 Å². The van der Waals surface area contributed by atoms with Crippen molar-refractivity contribution < 1.29 is 55.5 Å². The summed E-state index contributed by atoms with van der Waals surface area (Å²) < 4.78 is 74.9. The first-order valence-electron chi connectivity index (χ1n) is 13.9. The third-order valence-electron chi connectivity index (χ3n) is 7.40. The predicted molar refractivity (Wildman–Crippen MR) is 174 cm³/mol. The summed E-state index contributed by atoms with van der Waals surface area (Å²) >= 11 is 0. The fraction of sp³-hybridized carbons (Fsp3) is 0. The van der Waals surface area contributed by atoms with Gasteiger partial charge in [0.15, 0.2) is 0 Å². The molecule has 0 unspecified atom stereocenters. The second-order valence-corrected chi connectivity index (χ2v) is 13.1. The summed E-state index contributed by atoms with van der Waals surface area (Å²) in [6.45, 7) is 0. The van der Waals surface area contributed by atoms with Crippen molar-refractivity contribution in [3.63, 3.8) is 0 Å². The molecule has 0 radical (unpaired) electrons. The molecule has 2 aliphatic rings. The van der Waals surface area contributed by atoms with Crippen LogP contribution in [0.15, 0.2) is 142 Å². The van der Waals surface area contributed by atoms with Crippen LogP contribution in [0.2, 0.25) is 0 Å². The summed E-state index contributed by atoms with van der Waals surface area (Å²) in [5.74, 6) is 0. The van der Waals surface area contributed by atoms with Crippen molar-refractivity contribution in [3.05, 3.63) is 138 Å². The Kier molecular flexibility index (Phi) is 8.76. The minimum absolute atomic E-state index is 0. The van der Waals surface area contributed by atoms with Crippen molar-refractivity contribution in [2.45, 2.75) is 9.79 Å². The number of hydrogen-bond donors (Lipinski definition) is 1. The van der Waals surface area contributed by atoms with Gasteiger partial charge in [0.05, 0.1) is 38.4 Å². The molecule has 47 heavy (non-hydrogen) atoms. The molecule has 0 spiro atoms. The Balaban J connectivity index is 0.00000386. The van der Waals surface area contributed by atoms with E-state index in [4.69, 9.17) is 10.3 Å². The average Bonchev–Trinajstić information content (AvgIpc) is 3.04. The molecule has 1 N–H and O–H groups in total. The van der Waals surface area contributed by atoms with Gasteiger partial charge < -0.3 is 14.4 Å². The molecule has 0 saturated heterocycles. The summed E-state index contributed by atoms with van der Waals surface area (Å²) in [5, 5.41) is 5.12. The summed E-state index contributed by atoms with van der Waals surface area (Å²) in [6.07, 6.45) is 0. The molecule has 0 fully saturated rings. The van der Waals surface area contributed by atoms with Crippen LogP contribution in [0.25, 0.3) is 44.2 Å². The van der Waals surface area contributed by atoms with Gasteiger partial charge in [0.1, 0.15) is 15.0 Å². The predicted octanol–water partition coefficient (Wildman–Crippen LogP) is 4.01.